The van der Waals surface area contributed by atoms with Gasteiger partial charge in [0.15, 0.2) is 0 Å². The molecule has 0 aliphatic carbocycles. The van der Waals surface area contributed by atoms with Crippen molar-refractivity contribution in [2.24, 2.45) is 7.05 Å². The third kappa shape index (κ3) is 2.55. The Hall–Kier alpha value is -2.89. The molecule has 1 aromatic carbocycles. The molecule has 3 aromatic rings. The molecule has 0 spiro atoms. The quantitative estimate of drug-likeness (QED) is 0.757. The summed E-state index contributed by atoms with van der Waals surface area (Å²) < 4.78 is 2.02. The van der Waals surface area contributed by atoms with Crippen molar-refractivity contribution >= 4 is 16.8 Å². The van der Waals surface area contributed by atoms with Crippen molar-refractivity contribution in [2.45, 2.75) is 6.54 Å². The SMILES string of the molecule is Cn1cc(CNC(=O)c2ccc(=O)[nH]n2)c2ccccc21. The number of hydrogen-bond acceptors (Lipinski definition) is 3. The fourth-order valence-corrected chi connectivity index (χ4v) is 2.30. The highest BCUT2D eigenvalue weighted by molar-refractivity contribution is 5.92. The van der Waals surface area contributed by atoms with Crippen molar-refractivity contribution in [3.8, 4) is 0 Å². The fraction of sp³-hybridized carbons (Fsp3) is 0.133. The van der Waals surface area contributed by atoms with E-state index in [-0.39, 0.29) is 17.2 Å². The van der Waals surface area contributed by atoms with Crippen molar-refractivity contribution in [1.82, 2.24) is 20.1 Å². The molecule has 0 radical (unpaired) electrons. The molecule has 0 aliphatic rings. The zero-order valence-electron chi connectivity index (χ0n) is 11.5. The lowest BCUT2D eigenvalue weighted by atomic mass is 10.2. The van der Waals surface area contributed by atoms with Crippen LogP contribution in [0.1, 0.15) is 16.1 Å². The highest BCUT2D eigenvalue weighted by Crippen LogP contribution is 2.19. The number of benzene rings is 1. The largest absolute Gasteiger partial charge is 0.350 e. The molecule has 2 aromatic heterocycles. The van der Waals surface area contributed by atoms with Gasteiger partial charge < -0.3 is 9.88 Å². The summed E-state index contributed by atoms with van der Waals surface area (Å²) in [6, 6.07) is 10.7. The average molecular weight is 282 g/mol. The van der Waals surface area contributed by atoms with E-state index in [1.54, 1.807) is 0 Å². The number of nitrogens with zero attached hydrogens (tertiary/aromatic N) is 2. The summed E-state index contributed by atoms with van der Waals surface area (Å²) >= 11 is 0. The number of aromatic nitrogens is 3. The van der Waals surface area contributed by atoms with Crippen LogP contribution < -0.4 is 10.9 Å². The van der Waals surface area contributed by atoms with Gasteiger partial charge in [-0.3, -0.25) is 9.59 Å². The monoisotopic (exact) mass is 282 g/mol. The minimum Gasteiger partial charge on any atom is -0.350 e. The summed E-state index contributed by atoms with van der Waals surface area (Å²) in [6.07, 6.45) is 1.99. The first kappa shape index (κ1) is 13.1. The van der Waals surface area contributed by atoms with Gasteiger partial charge in [-0.25, -0.2) is 5.10 Å². The molecule has 6 nitrogen and oxygen atoms in total. The number of carbonyl (C=O) groups excluding carboxylic acids is 1. The van der Waals surface area contributed by atoms with Crippen LogP contribution in [0.5, 0.6) is 0 Å². The number of hydrogen-bond donors (Lipinski definition) is 2. The predicted molar refractivity (Wildman–Crippen MR) is 78.9 cm³/mol. The molecule has 3 rings (SSSR count). The van der Waals surface area contributed by atoms with E-state index in [9.17, 15) is 9.59 Å². The van der Waals surface area contributed by atoms with Crippen molar-refractivity contribution < 1.29 is 4.79 Å². The normalized spacial score (nSPS) is 10.7. The molecular weight excluding hydrogens is 268 g/mol. The van der Waals surface area contributed by atoms with Crippen LogP contribution in [0.3, 0.4) is 0 Å². The van der Waals surface area contributed by atoms with E-state index in [0.717, 1.165) is 16.5 Å². The van der Waals surface area contributed by atoms with E-state index in [4.69, 9.17) is 0 Å². The number of rotatable bonds is 3. The first-order valence-corrected chi connectivity index (χ1v) is 6.52. The van der Waals surface area contributed by atoms with Gasteiger partial charge in [-0.2, -0.15) is 5.10 Å². The number of para-hydroxylation sites is 1. The van der Waals surface area contributed by atoms with Gasteiger partial charge in [0.2, 0.25) is 0 Å². The topological polar surface area (TPSA) is 79.8 Å². The molecule has 6 heteroatoms. The Morgan fingerprint density at radius 3 is 2.86 bits per heavy atom. The van der Waals surface area contributed by atoms with Crippen molar-refractivity contribution in [2.75, 3.05) is 0 Å². The first-order chi connectivity index (χ1) is 10.1. The maximum atomic E-state index is 12.0. The fourth-order valence-electron chi connectivity index (χ4n) is 2.30. The zero-order chi connectivity index (χ0) is 14.8. The highest BCUT2D eigenvalue weighted by Gasteiger charge is 2.10. The van der Waals surface area contributed by atoms with Gasteiger partial charge in [-0.05, 0) is 17.7 Å². The highest BCUT2D eigenvalue weighted by atomic mass is 16.2. The van der Waals surface area contributed by atoms with Crippen LogP contribution in [-0.2, 0) is 13.6 Å². The van der Waals surface area contributed by atoms with E-state index in [1.165, 1.54) is 12.1 Å². The molecule has 0 atom stereocenters. The lowest BCUT2D eigenvalue weighted by Gasteiger charge is -2.03. The van der Waals surface area contributed by atoms with Crippen LogP contribution in [0.4, 0.5) is 0 Å². The molecule has 106 valence electrons. The molecule has 0 unspecified atom stereocenters. The van der Waals surface area contributed by atoms with Crippen molar-refractivity contribution in [3.05, 3.63) is 64.2 Å². The van der Waals surface area contributed by atoms with Crippen LogP contribution >= 0.6 is 0 Å². The molecule has 1 amide bonds. The van der Waals surface area contributed by atoms with E-state index >= 15 is 0 Å². The summed E-state index contributed by atoms with van der Waals surface area (Å²) in [4.78, 5) is 22.9. The van der Waals surface area contributed by atoms with Gasteiger partial charge in [0.1, 0.15) is 5.69 Å². The number of H-pyrrole nitrogens is 1. The van der Waals surface area contributed by atoms with Gasteiger partial charge in [-0.15, -0.1) is 0 Å². The molecule has 0 aliphatic heterocycles. The van der Waals surface area contributed by atoms with Gasteiger partial charge >= 0.3 is 0 Å². The van der Waals surface area contributed by atoms with Crippen LogP contribution in [0.2, 0.25) is 0 Å². The molecule has 0 bridgehead atoms. The van der Waals surface area contributed by atoms with Crippen LogP contribution in [0, 0.1) is 0 Å². The van der Waals surface area contributed by atoms with Gasteiger partial charge in [0.05, 0.1) is 0 Å². The lowest BCUT2D eigenvalue weighted by molar-refractivity contribution is 0.0945. The number of nitrogens with one attached hydrogen (secondary N) is 2. The number of carbonyl (C=O) groups is 1. The maximum absolute atomic E-state index is 12.0. The summed E-state index contributed by atoms with van der Waals surface area (Å²) in [5.41, 5.74) is 2.00. The third-order valence-corrected chi connectivity index (χ3v) is 3.33. The number of aryl methyl sites for hydroxylation is 1. The molecule has 0 saturated carbocycles. The zero-order valence-corrected chi connectivity index (χ0v) is 11.5. The third-order valence-electron chi connectivity index (χ3n) is 3.33. The minimum absolute atomic E-state index is 0.190. The lowest BCUT2D eigenvalue weighted by Crippen LogP contribution is -2.25. The molecule has 2 N–H and O–H groups in total. The Morgan fingerprint density at radius 1 is 1.29 bits per heavy atom. The predicted octanol–water partition coefficient (Wildman–Crippen LogP) is 1.19. The second-order valence-corrected chi connectivity index (χ2v) is 4.77. The summed E-state index contributed by atoms with van der Waals surface area (Å²) in [5.74, 6) is -0.320. The molecule has 0 saturated heterocycles. The Balaban J connectivity index is 1.79. The van der Waals surface area contributed by atoms with E-state index < -0.39 is 0 Å². The van der Waals surface area contributed by atoms with Gasteiger partial charge in [0, 0.05) is 36.8 Å². The Morgan fingerprint density at radius 2 is 2.10 bits per heavy atom. The van der Waals surface area contributed by atoms with Crippen LogP contribution in [0.25, 0.3) is 10.9 Å². The smallest absolute Gasteiger partial charge is 0.271 e. The van der Waals surface area contributed by atoms with Gasteiger partial charge in [-0.1, -0.05) is 18.2 Å². The number of aromatic amines is 1. The summed E-state index contributed by atoms with van der Waals surface area (Å²) in [6.45, 7) is 0.404. The van der Waals surface area contributed by atoms with Crippen molar-refractivity contribution in [3.63, 3.8) is 0 Å². The van der Waals surface area contributed by atoms with E-state index in [0.29, 0.717) is 6.54 Å². The van der Waals surface area contributed by atoms with Crippen LogP contribution in [-0.4, -0.2) is 20.7 Å². The van der Waals surface area contributed by atoms with Crippen LogP contribution in [0.15, 0.2) is 47.4 Å². The van der Waals surface area contributed by atoms with Gasteiger partial charge in [0.25, 0.3) is 11.5 Å². The average Bonchev–Trinajstić information content (AvgIpc) is 2.83. The maximum Gasteiger partial charge on any atom is 0.271 e. The summed E-state index contributed by atoms with van der Waals surface area (Å²) in [5, 5.41) is 9.86. The minimum atomic E-state index is -0.333. The standard InChI is InChI=1S/C15H14N4O2/c1-19-9-10(11-4-2-3-5-13(11)19)8-16-15(21)12-6-7-14(20)18-17-12/h2-7,9H,8H2,1H3,(H,16,21)(H,18,20). The number of amides is 1. The molecule has 21 heavy (non-hydrogen) atoms. The molecular formula is C15H14N4O2. The Bertz CT molecular complexity index is 843. The van der Waals surface area contributed by atoms with Crippen molar-refractivity contribution in [1.29, 1.82) is 0 Å². The Kier molecular flexibility index (Phi) is 3.27. The second kappa shape index (κ2) is 5.24. The molecule has 2 heterocycles. The Labute approximate surface area is 120 Å². The van der Waals surface area contributed by atoms with E-state index in [1.807, 2.05) is 42.1 Å². The summed E-state index contributed by atoms with van der Waals surface area (Å²) in [7, 11) is 1.97. The second-order valence-electron chi connectivity index (χ2n) is 4.77. The number of fused-ring (bicyclic) bond motifs is 1. The molecule has 0 fully saturated rings. The van der Waals surface area contributed by atoms with E-state index in [2.05, 4.69) is 15.5 Å². The first-order valence-electron chi connectivity index (χ1n) is 6.52.